The normalized spacial score (nSPS) is 10.5. The number of non-ortho nitro benzene ring substituents is 2. The van der Waals surface area contributed by atoms with Crippen molar-refractivity contribution in [3.8, 4) is 39.4 Å². The van der Waals surface area contributed by atoms with Crippen LogP contribution < -0.4 is 29.4 Å². The maximum Gasteiger partial charge on any atom is 0.271 e. The number of nitro groups is 2. The van der Waals surface area contributed by atoms with E-state index in [1.54, 1.807) is 24.3 Å². The number of nitriles is 1. The summed E-state index contributed by atoms with van der Waals surface area (Å²) in [6, 6.07) is 136. The van der Waals surface area contributed by atoms with Gasteiger partial charge in [-0.3, -0.25) is 20.2 Å². The third kappa shape index (κ3) is 17.3. The molecule has 0 atom stereocenters. The van der Waals surface area contributed by atoms with Crippen molar-refractivity contribution in [2.75, 3.05) is 50.5 Å². The molecular weight excluding hydrogens is 1320 g/mol. The molecule has 0 saturated heterocycles. The summed E-state index contributed by atoms with van der Waals surface area (Å²) in [5.41, 5.74) is 23.3. The molecule has 15 aromatic rings. The van der Waals surface area contributed by atoms with E-state index in [-0.39, 0.29) is 21.2 Å². The highest BCUT2D eigenvalue weighted by molar-refractivity contribution is 5.83. The molecule has 0 radical (unpaired) electrons. The third-order valence-corrected chi connectivity index (χ3v) is 18.5. The van der Waals surface area contributed by atoms with Crippen LogP contribution in [0.15, 0.2) is 400 Å². The summed E-state index contributed by atoms with van der Waals surface area (Å²) in [5.74, 6) is 0. The Hall–Kier alpha value is -14.6. The largest absolute Gasteiger partial charge is 0.345 e. The van der Waals surface area contributed by atoms with E-state index in [0.29, 0.717) is 5.56 Å². The molecule has 0 spiro atoms. The van der Waals surface area contributed by atoms with Gasteiger partial charge in [-0.1, -0.05) is 188 Å². The van der Waals surface area contributed by atoms with E-state index in [4.69, 9.17) is 5.26 Å². The summed E-state index contributed by atoms with van der Waals surface area (Å²) in [5, 5.41) is 31.1. The van der Waals surface area contributed by atoms with E-state index >= 15 is 0 Å². The lowest BCUT2D eigenvalue weighted by Crippen LogP contribution is -2.09. The van der Waals surface area contributed by atoms with E-state index < -0.39 is 0 Å². The summed E-state index contributed by atoms with van der Waals surface area (Å²) in [4.78, 5) is 34.1. The highest BCUT2D eigenvalue weighted by atomic mass is 16.6. The van der Waals surface area contributed by atoms with Crippen molar-refractivity contribution in [3.63, 3.8) is 0 Å². The first kappa shape index (κ1) is 70.8. The van der Waals surface area contributed by atoms with Gasteiger partial charge in [-0.25, -0.2) is 0 Å². The Bertz CT molecular complexity index is 5280. The Labute approximate surface area is 624 Å². The summed E-state index contributed by atoms with van der Waals surface area (Å²) < 4.78 is 0. The summed E-state index contributed by atoms with van der Waals surface area (Å²) >= 11 is 0. The molecule has 0 bridgehead atoms. The summed E-state index contributed by atoms with van der Waals surface area (Å²) in [6.45, 7) is 0. The van der Waals surface area contributed by atoms with Crippen LogP contribution in [0.2, 0.25) is 0 Å². The van der Waals surface area contributed by atoms with Crippen LogP contribution in [-0.4, -0.2) is 31.0 Å². The second-order valence-corrected chi connectivity index (χ2v) is 25.2. The predicted molar refractivity (Wildman–Crippen MR) is 441 cm³/mol. The lowest BCUT2D eigenvalue weighted by molar-refractivity contribution is -0.385. The predicted octanol–water partition coefficient (Wildman–Crippen LogP) is 25.5. The minimum absolute atomic E-state index is 0.0797. The third-order valence-electron chi connectivity index (χ3n) is 18.5. The zero-order valence-corrected chi connectivity index (χ0v) is 59.3. The number of para-hydroxylation sites is 6. The zero-order valence-electron chi connectivity index (χ0n) is 59.3. The molecule has 15 aromatic carbocycles. The molecule has 0 aromatic heterocycles. The van der Waals surface area contributed by atoms with Gasteiger partial charge in [-0.05, 0) is 221 Å². The van der Waals surface area contributed by atoms with E-state index in [9.17, 15) is 20.2 Å². The quantitative estimate of drug-likeness (QED) is 0.0534. The minimum atomic E-state index is -0.386. The number of hydrogen-bond donors (Lipinski definition) is 0. The molecule has 0 N–H and O–H groups in total. The molecule has 0 heterocycles. The molecule has 0 amide bonds. The number of nitro benzene ring substituents is 2. The Morgan fingerprint density at radius 1 is 0.224 bits per heavy atom. The van der Waals surface area contributed by atoms with Crippen molar-refractivity contribution in [3.05, 3.63) is 426 Å². The van der Waals surface area contributed by atoms with Crippen molar-refractivity contribution < 1.29 is 9.85 Å². The SMILES string of the molecule is CN(c1ccc(-c2ccc(N(c3ccccc3)c3ccccc3)cc2)cc1)c1ccc([N+](=O)[O-])cc1.CN(c1ccc(-c2ccc(N(c3ccccc3)c3ccccc3)cc2)cc1)c1cccc([N+](=O)[O-])c1.CN(c1ccc(C#N)cc1)c1ccc(-c2ccc(N(c3ccccc3)c3ccccc3)cc2)cc1. The maximum absolute atomic E-state index is 11.1. The van der Waals surface area contributed by atoms with Gasteiger partial charge < -0.3 is 29.4 Å². The Morgan fingerprint density at radius 3 is 0.654 bits per heavy atom. The first-order valence-corrected chi connectivity index (χ1v) is 35.0. The zero-order chi connectivity index (χ0) is 73.9. The number of hydrogen-bond acceptors (Lipinski definition) is 11. The van der Waals surface area contributed by atoms with E-state index in [0.717, 1.165) is 108 Å². The van der Waals surface area contributed by atoms with Crippen molar-refractivity contribution >= 4 is 96.7 Å². The Kier molecular flexibility index (Phi) is 22.4. The number of nitrogens with zero attached hydrogens (tertiary/aromatic N) is 9. The van der Waals surface area contributed by atoms with Gasteiger partial charge in [0, 0.05) is 131 Å². The first-order chi connectivity index (χ1) is 52.4. The van der Waals surface area contributed by atoms with Crippen molar-refractivity contribution in [1.82, 2.24) is 0 Å². The molecule has 520 valence electrons. The minimum Gasteiger partial charge on any atom is -0.345 e. The van der Waals surface area contributed by atoms with Gasteiger partial charge in [0.15, 0.2) is 0 Å². The topological polar surface area (TPSA) is 130 Å². The summed E-state index contributed by atoms with van der Waals surface area (Å²) in [7, 11) is 5.89. The molecule has 0 aliphatic rings. The Balaban J connectivity index is 0.000000142. The van der Waals surface area contributed by atoms with E-state index in [2.05, 4.69) is 280 Å². The second kappa shape index (κ2) is 33.9. The molecule has 107 heavy (non-hydrogen) atoms. The van der Waals surface area contributed by atoms with Crippen LogP contribution in [0.1, 0.15) is 5.56 Å². The molecule has 15 rings (SSSR count). The standard InChI is InChI=1S/C32H25N3.2C31H25N3O2/c1-34(28-18-12-25(24-33)13-19-28)29-20-14-26(15-21-29)27-16-22-32(23-17-27)35(30-8-4-2-5-9-30)31-10-6-3-7-11-31;1-32(30-13-8-14-31(23-30)34(35)36)26-19-15-24(16-20-26)25-17-21-29(22-18-25)33(27-9-4-2-5-10-27)28-11-6-3-7-12-28;1-32(27-20-22-31(23-21-27)34(35)36)26-16-12-24(13-17-26)25-14-18-30(19-15-25)33(28-8-4-2-5-9-28)29-10-6-3-7-11-29/h2-23H,1H3;2*2-23H,1H3. The van der Waals surface area contributed by atoms with E-state index in [1.807, 2.05) is 134 Å². The highest BCUT2D eigenvalue weighted by Gasteiger charge is 2.18. The summed E-state index contributed by atoms with van der Waals surface area (Å²) in [6.07, 6.45) is 0. The second-order valence-electron chi connectivity index (χ2n) is 25.2. The van der Waals surface area contributed by atoms with Crippen LogP contribution in [0.5, 0.6) is 0 Å². The van der Waals surface area contributed by atoms with Crippen molar-refractivity contribution in [2.45, 2.75) is 0 Å². The van der Waals surface area contributed by atoms with Gasteiger partial charge in [0.1, 0.15) is 0 Å². The van der Waals surface area contributed by atoms with Gasteiger partial charge >= 0.3 is 0 Å². The van der Waals surface area contributed by atoms with Gasteiger partial charge in [-0.15, -0.1) is 0 Å². The number of rotatable bonds is 20. The molecule has 0 unspecified atom stereocenters. The first-order valence-electron chi connectivity index (χ1n) is 35.0. The fraction of sp³-hybridized carbons (Fsp3) is 0.0319. The molecule has 0 fully saturated rings. The van der Waals surface area contributed by atoms with Crippen molar-refractivity contribution in [1.29, 1.82) is 5.26 Å². The lowest BCUT2D eigenvalue weighted by atomic mass is 10.0. The van der Waals surface area contributed by atoms with Gasteiger partial charge in [0.25, 0.3) is 11.4 Å². The maximum atomic E-state index is 11.1. The van der Waals surface area contributed by atoms with Gasteiger partial charge in [0.2, 0.25) is 0 Å². The van der Waals surface area contributed by atoms with Crippen LogP contribution in [0, 0.1) is 31.6 Å². The molecule has 0 aliphatic carbocycles. The lowest BCUT2D eigenvalue weighted by Gasteiger charge is -2.25. The average molecular weight is 1390 g/mol. The molecule has 0 saturated carbocycles. The molecule has 0 aliphatic heterocycles. The number of benzene rings is 15. The molecular formula is C94H75N9O4. The van der Waals surface area contributed by atoms with Crippen LogP contribution in [0.3, 0.4) is 0 Å². The monoisotopic (exact) mass is 1390 g/mol. The van der Waals surface area contributed by atoms with Crippen LogP contribution in [0.25, 0.3) is 33.4 Å². The number of anilines is 15. The van der Waals surface area contributed by atoms with Gasteiger partial charge in [-0.2, -0.15) is 5.26 Å². The van der Waals surface area contributed by atoms with Gasteiger partial charge in [0.05, 0.1) is 21.5 Å². The molecule has 13 nitrogen and oxygen atoms in total. The fourth-order valence-electron chi connectivity index (χ4n) is 12.7. The van der Waals surface area contributed by atoms with Crippen LogP contribution >= 0.6 is 0 Å². The van der Waals surface area contributed by atoms with Crippen LogP contribution in [-0.2, 0) is 0 Å². The van der Waals surface area contributed by atoms with Crippen molar-refractivity contribution in [2.24, 2.45) is 0 Å². The average Bonchev–Trinajstić information content (AvgIpc) is 0.816. The fourth-order valence-corrected chi connectivity index (χ4v) is 12.7. The van der Waals surface area contributed by atoms with E-state index in [1.165, 1.54) is 29.3 Å². The smallest absolute Gasteiger partial charge is 0.271 e. The Morgan fingerprint density at radius 2 is 0.421 bits per heavy atom. The van der Waals surface area contributed by atoms with Crippen LogP contribution in [0.4, 0.5) is 96.7 Å². The molecule has 13 heteroatoms. The highest BCUT2D eigenvalue weighted by Crippen LogP contribution is 2.41.